The molecule has 8 heteroatoms. The fourth-order valence-corrected chi connectivity index (χ4v) is 4.80. The van der Waals surface area contributed by atoms with Crippen molar-refractivity contribution in [3.05, 3.63) is 65.5 Å². The van der Waals surface area contributed by atoms with Crippen LogP contribution < -0.4 is 10.4 Å². The van der Waals surface area contributed by atoms with Crippen LogP contribution in [0.15, 0.2) is 48.5 Å². The molecule has 0 spiro atoms. The second-order valence-corrected chi connectivity index (χ2v) is 15.9. The van der Waals surface area contributed by atoms with Crippen LogP contribution in [0.25, 0.3) is 0 Å². The Balaban J connectivity index is 2.11. The van der Waals surface area contributed by atoms with Gasteiger partial charge >= 0.3 is 5.97 Å². The van der Waals surface area contributed by atoms with Crippen molar-refractivity contribution in [2.75, 3.05) is 5.01 Å². The van der Waals surface area contributed by atoms with Crippen LogP contribution >= 0.6 is 0 Å². The Morgan fingerprint density at radius 1 is 0.971 bits per heavy atom. The third-order valence-electron chi connectivity index (χ3n) is 6.27. The largest absolute Gasteiger partial charge is 0.458 e. The number of hydrazine groups is 1. The lowest BCUT2D eigenvalue weighted by Crippen LogP contribution is -2.54. The minimum atomic E-state index is -2.45. The first-order chi connectivity index (χ1) is 15.6. The number of halogens is 1. The average molecular weight is 487 g/mol. The van der Waals surface area contributed by atoms with Crippen molar-refractivity contribution in [2.45, 2.75) is 77.4 Å². The average Bonchev–Trinajstić information content (AvgIpc) is 3.00. The van der Waals surface area contributed by atoms with Gasteiger partial charge in [-0.05, 0) is 63.2 Å². The molecule has 34 heavy (non-hydrogen) atoms. The molecule has 0 aromatic heterocycles. The van der Waals surface area contributed by atoms with Gasteiger partial charge in [0.25, 0.3) is 5.91 Å². The summed E-state index contributed by atoms with van der Waals surface area (Å²) in [4.78, 5) is 26.6. The van der Waals surface area contributed by atoms with Gasteiger partial charge in [-0.2, -0.15) is 0 Å². The third-order valence-corrected chi connectivity index (χ3v) is 10.7. The van der Waals surface area contributed by atoms with Crippen LogP contribution in [0.5, 0.6) is 0 Å². The Kier molecular flexibility index (Phi) is 6.97. The van der Waals surface area contributed by atoms with Crippen LogP contribution in [0.4, 0.5) is 10.1 Å². The van der Waals surface area contributed by atoms with Gasteiger partial charge in [0.15, 0.2) is 14.4 Å². The molecule has 0 fully saturated rings. The highest BCUT2D eigenvalue weighted by atomic mass is 28.4. The number of hydrogen-bond donors (Lipinski definition) is 1. The SMILES string of the molecule is CC(C)(C)OC(=O)[C@@H]1[C@@H](O[Si](C)(C)C(C)(C)C)c2c(F)cccc2N1NC(=O)c1ccccc1. The Bertz CT molecular complexity index is 1060. The number of nitrogens with zero attached hydrogens (tertiary/aromatic N) is 1. The number of ether oxygens (including phenoxy) is 1. The van der Waals surface area contributed by atoms with Gasteiger partial charge in [0.2, 0.25) is 0 Å². The molecule has 184 valence electrons. The van der Waals surface area contributed by atoms with Crippen molar-refractivity contribution < 1.29 is 23.1 Å². The number of amides is 1. The Hall–Kier alpha value is -2.71. The predicted molar refractivity (Wildman–Crippen MR) is 133 cm³/mol. The molecule has 3 rings (SSSR count). The Morgan fingerprint density at radius 3 is 2.15 bits per heavy atom. The van der Waals surface area contributed by atoms with Crippen molar-refractivity contribution in [3.8, 4) is 0 Å². The highest BCUT2D eigenvalue weighted by molar-refractivity contribution is 6.74. The molecule has 0 aliphatic carbocycles. The van der Waals surface area contributed by atoms with Crippen LogP contribution in [0.3, 0.4) is 0 Å². The van der Waals surface area contributed by atoms with E-state index in [0.717, 1.165) is 0 Å². The summed E-state index contributed by atoms with van der Waals surface area (Å²) in [5.41, 5.74) is 3.07. The van der Waals surface area contributed by atoms with E-state index >= 15 is 4.39 Å². The van der Waals surface area contributed by atoms with E-state index in [0.29, 0.717) is 11.3 Å². The molecule has 0 unspecified atom stereocenters. The fourth-order valence-electron chi connectivity index (χ4n) is 3.56. The molecular formula is C26H35FN2O4Si. The molecule has 0 saturated carbocycles. The third kappa shape index (κ3) is 5.33. The summed E-state index contributed by atoms with van der Waals surface area (Å²) in [6.45, 7) is 15.6. The number of anilines is 1. The van der Waals surface area contributed by atoms with Gasteiger partial charge in [0, 0.05) is 11.1 Å². The second-order valence-electron chi connectivity index (χ2n) is 11.1. The zero-order valence-electron chi connectivity index (χ0n) is 21.2. The summed E-state index contributed by atoms with van der Waals surface area (Å²) in [6, 6.07) is 12.1. The quantitative estimate of drug-likeness (QED) is 0.430. The summed E-state index contributed by atoms with van der Waals surface area (Å²) in [6.07, 6.45) is -0.942. The first-order valence-corrected chi connectivity index (χ1v) is 14.4. The number of carbonyl (C=O) groups is 2. The lowest BCUT2D eigenvalue weighted by molar-refractivity contribution is -0.159. The van der Waals surface area contributed by atoms with Crippen LogP contribution in [0, 0.1) is 5.82 Å². The number of rotatable bonds is 5. The van der Waals surface area contributed by atoms with E-state index in [2.05, 4.69) is 26.2 Å². The Morgan fingerprint density at radius 2 is 1.59 bits per heavy atom. The summed E-state index contributed by atoms with van der Waals surface area (Å²) in [7, 11) is -2.45. The van der Waals surface area contributed by atoms with Crippen molar-refractivity contribution in [2.24, 2.45) is 0 Å². The minimum absolute atomic E-state index is 0.183. The van der Waals surface area contributed by atoms with Crippen molar-refractivity contribution >= 4 is 25.9 Å². The maximum Gasteiger partial charge on any atom is 0.334 e. The van der Waals surface area contributed by atoms with E-state index in [4.69, 9.17) is 9.16 Å². The first kappa shape index (κ1) is 25.9. The first-order valence-electron chi connectivity index (χ1n) is 11.5. The molecule has 2 aromatic rings. The van der Waals surface area contributed by atoms with Crippen LogP contribution in [0.2, 0.25) is 18.1 Å². The van der Waals surface area contributed by atoms with E-state index in [9.17, 15) is 9.59 Å². The molecule has 2 aromatic carbocycles. The number of esters is 1. The van der Waals surface area contributed by atoms with Gasteiger partial charge in [-0.3, -0.25) is 15.2 Å². The highest BCUT2D eigenvalue weighted by Crippen LogP contribution is 2.48. The molecule has 0 bridgehead atoms. The summed E-state index contributed by atoms with van der Waals surface area (Å²) >= 11 is 0. The molecule has 2 atom stereocenters. The minimum Gasteiger partial charge on any atom is -0.458 e. The van der Waals surface area contributed by atoms with Crippen molar-refractivity contribution in [3.63, 3.8) is 0 Å². The van der Waals surface area contributed by atoms with E-state index in [-0.39, 0.29) is 10.6 Å². The maximum absolute atomic E-state index is 15.3. The van der Waals surface area contributed by atoms with Gasteiger partial charge in [0.05, 0.1) is 5.69 Å². The monoisotopic (exact) mass is 486 g/mol. The van der Waals surface area contributed by atoms with E-state index in [1.54, 1.807) is 57.2 Å². The predicted octanol–water partition coefficient (Wildman–Crippen LogP) is 5.76. The number of carbonyl (C=O) groups excluding carboxylic acids is 2. The van der Waals surface area contributed by atoms with E-state index in [1.807, 2.05) is 19.2 Å². The number of fused-ring (bicyclic) bond motifs is 1. The smallest absolute Gasteiger partial charge is 0.334 e. The molecule has 6 nitrogen and oxygen atoms in total. The molecule has 1 N–H and O–H groups in total. The molecule has 0 radical (unpaired) electrons. The molecule has 1 amide bonds. The number of benzene rings is 2. The van der Waals surface area contributed by atoms with Crippen molar-refractivity contribution in [1.82, 2.24) is 5.43 Å². The van der Waals surface area contributed by atoms with Crippen LogP contribution in [0.1, 0.15) is 63.6 Å². The maximum atomic E-state index is 15.3. The van der Waals surface area contributed by atoms with E-state index < -0.39 is 43.8 Å². The summed E-state index contributed by atoms with van der Waals surface area (Å²) in [5.74, 6) is -1.51. The van der Waals surface area contributed by atoms with Gasteiger partial charge in [0.1, 0.15) is 17.5 Å². The normalized spacial score (nSPS) is 18.4. The molecular weight excluding hydrogens is 451 g/mol. The molecule has 1 aliphatic rings. The van der Waals surface area contributed by atoms with E-state index in [1.165, 1.54) is 11.1 Å². The highest BCUT2D eigenvalue weighted by Gasteiger charge is 2.52. The van der Waals surface area contributed by atoms with Gasteiger partial charge in [-0.25, -0.2) is 9.18 Å². The van der Waals surface area contributed by atoms with Gasteiger partial charge in [-0.15, -0.1) is 0 Å². The number of nitrogens with one attached hydrogen (secondary N) is 1. The number of hydrogen-bond acceptors (Lipinski definition) is 5. The standard InChI is InChI=1S/C26H35FN2O4Si/c1-25(2,3)32-24(31)21-22(33-34(7,8)26(4,5)6)20-18(27)15-12-16-19(20)29(21)28-23(30)17-13-10-9-11-14-17/h9-16,21-22H,1-8H3,(H,28,30)/t21-,22-/m0/s1. The fraction of sp³-hybridized carbons (Fsp3) is 0.462. The van der Waals surface area contributed by atoms with Crippen molar-refractivity contribution in [1.29, 1.82) is 0 Å². The lowest BCUT2D eigenvalue weighted by Gasteiger charge is -2.40. The zero-order valence-corrected chi connectivity index (χ0v) is 22.2. The summed E-state index contributed by atoms with van der Waals surface area (Å²) < 4.78 is 27.6. The van der Waals surface area contributed by atoms with Gasteiger partial charge < -0.3 is 9.16 Å². The van der Waals surface area contributed by atoms with Crippen LogP contribution in [-0.2, 0) is 14.0 Å². The van der Waals surface area contributed by atoms with Crippen LogP contribution in [-0.4, -0.2) is 31.8 Å². The van der Waals surface area contributed by atoms with Gasteiger partial charge in [-0.1, -0.05) is 45.0 Å². The Labute approximate surface area is 202 Å². The topological polar surface area (TPSA) is 67.9 Å². The molecule has 1 aliphatic heterocycles. The summed E-state index contributed by atoms with van der Waals surface area (Å²) in [5, 5.41) is 1.22. The zero-order chi connectivity index (χ0) is 25.5. The second kappa shape index (κ2) is 9.15. The lowest BCUT2D eigenvalue weighted by atomic mass is 10.1. The molecule has 0 saturated heterocycles. The molecule has 1 heterocycles.